The van der Waals surface area contributed by atoms with E-state index >= 15 is 0 Å². The van der Waals surface area contributed by atoms with Crippen molar-refractivity contribution in [3.63, 3.8) is 0 Å². The van der Waals surface area contributed by atoms with Crippen LogP contribution in [0.3, 0.4) is 0 Å². The molecule has 4 rings (SSSR count). The molecule has 122 valence electrons. The number of nitrogens with zero attached hydrogens (tertiary/aromatic N) is 3. The molecule has 3 aromatic heterocycles. The number of hydrogen-bond donors (Lipinski definition) is 1. The fourth-order valence-corrected chi connectivity index (χ4v) is 3.55. The highest BCUT2D eigenvalue weighted by Crippen LogP contribution is 2.39. The molecule has 5 nitrogen and oxygen atoms in total. The monoisotopic (exact) mass is 338 g/mol. The third kappa shape index (κ3) is 2.59. The molecule has 0 amide bonds. The van der Waals surface area contributed by atoms with Gasteiger partial charge >= 0.3 is 0 Å². The van der Waals surface area contributed by atoms with E-state index in [1.807, 2.05) is 36.5 Å². The first-order valence-electron chi connectivity index (χ1n) is 7.86. The summed E-state index contributed by atoms with van der Waals surface area (Å²) in [6.45, 7) is 0.623. The molecule has 0 spiro atoms. The van der Waals surface area contributed by atoms with E-state index in [0.717, 1.165) is 11.5 Å². The summed E-state index contributed by atoms with van der Waals surface area (Å²) in [5, 5.41) is 4.15. The Morgan fingerprint density at radius 1 is 1.21 bits per heavy atom. The van der Waals surface area contributed by atoms with E-state index in [2.05, 4.69) is 45.1 Å². The van der Waals surface area contributed by atoms with Gasteiger partial charge in [-0.25, -0.2) is 0 Å². The van der Waals surface area contributed by atoms with Gasteiger partial charge in [0.1, 0.15) is 5.76 Å². The highest BCUT2D eigenvalue weighted by Gasteiger charge is 2.41. The van der Waals surface area contributed by atoms with Crippen molar-refractivity contribution in [3.05, 3.63) is 78.3 Å². The van der Waals surface area contributed by atoms with Gasteiger partial charge in [0.2, 0.25) is 0 Å². The lowest BCUT2D eigenvalue weighted by Crippen LogP contribution is -2.29. The van der Waals surface area contributed by atoms with Crippen LogP contribution in [-0.2, 0) is 13.6 Å². The largest absolute Gasteiger partial charge is 0.467 e. The highest BCUT2D eigenvalue weighted by molar-refractivity contribution is 7.80. The van der Waals surface area contributed by atoms with E-state index in [4.69, 9.17) is 16.6 Å². The van der Waals surface area contributed by atoms with Crippen molar-refractivity contribution in [1.29, 1.82) is 0 Å². The van der Waals surface area contributed by atoms with E-state index < -0.39 is 0 Å². The molecule has 1 aliphatic rings. The van der Waals surface area contributed by atoms with Gasteiger partial charge in [-0.15, -0.1) is 0 Å². The molecular formula is C18H18N4OS. The number of hydrogen-bond acceptors (Lipinski definition) is 3. The lowest BCUT2D eigenvalue weighted by Gasteiger charge is -2.27. The molecule has 24 heavy (non-hydrogen) atoms. The van der Waals surface area contributed by atoms with Crippen LogP contribution in [-0.4, -0.2) is 19.6 Å². The van der Waals surface area contributed by atoms with Crippen LogP contribution in [0.2, 0.25) is 0 Å². The lowest BCUT2D eigenvalue weighted by atomic mass is 10.0. The first-order valence-corrected chi connectivity index (χ1v) is 8.26. The minimum atomic E-state index is 0.00209. The molecule has 2 atom stereocenters. The van der Waals surface area contributed by atoms with Crippen molar-refractivity contribution in [2.24, 2.45) is 7.05 Å². The maximum Gasteiger partial charge on any atom is 0.170 e. The van der Waals surface area contributed by atoms with Crippen molar-refractivity contribution in [3.8, 4) is 0 Å². The van der Waals surface area contributed by atoms with Gasteiger partial charge in [-0.2, -0.15) is 0 Å². The first-order chi connectivity index (χ1) is 11.7. The summed E-state index contributed by atoms with van der Waals surface area (Å²) >= 11 is 5.62. The predicted octanol–water partition coefficient (Wildman–Crippen LogP) is 3.19. The first kappa shape index (κ1) is 15.0. The van der Waals surface area contributed by atoms with Gasteiger partial charge in [0.05, 0.1) is 30.6 Å². The van der Waals surface area contributed by atoms with Crippen LogP contribution in [0.15, 0.2) is 65.5 Å². The molecular weight excluding hydrogens is 320 g/mol. The zero-order chi connectivity index (χ0) is 16.5. The average molecular weight is 338 g/mol. The van der Waals surface area contributed by atoms with E-state index in [9.17, 15) is 0 Å². The molecule has 0 aromatic carbocycles. The summed E-state index contributed by atoms with van der Waals surface area (Å²) in [4.78, 5) is 6.70. The molecule has 0 radical (unpaired) electrons. The Morgan fingerprint density at radius 3 is 2.79 bits per heavy atom. The Balaban J connectivity index is 1.75. The minimum absolute atomic E-state index is 0.00209. The Bertz CT molecular complexity index is 828. The quantitative estimate of drug-likeness (QED) is 0.740. The molecule has 1 aliphatic heterocycles. The number of pyridine rings is 1. The molecule has 0 saturated carbocycles. The van der Waals surface area contributed by atoms with E-state index in [-0.39, 0.29) is 12.1 Å². The summed E-state index contributed by atoms with van der Waals surface area (Å²) in [7, 11) is 2.05. The van der Waals surface area contributed by atoms with E-state index in [0.29, 0.717) is 11.7 Å². The standard InChI is InChI=1S/C18H18N4OS/c1-21-10-4-8-15(21)17-16(14-7-2-3-9-19-14)20-18(24)22(17)12-13-6-5-11-23-13/h2-11,16-17H,12H2,1H3,(H,20,24)/t16-,17-/m1/s1. The Hall–Kier alpha value is -2.60. The lowest BCUT2D eigenvalue weighted by molar-refractivity contribution is 0.278. The Morgan fingerprint density at radius 2 is 2.12 bits per heavy atom. The van der Waals surface area contributed by atoms with Gasteiger partial charge in [-0.1, -0.05) is 6.07 Å². The van der Waals surface area contributed by atoms with Crippen molar-refractivity contribution >= 4 is 17.3 Å². The second-order valence-electron chi connectivity index (χ2n) is 5.88. The third-order valence-corrected chi connectivity index (χ3v) is 4.74. The summed E-state index contributed by atoms with van der Waals surface area (Å²) in [5.41, 5.74) is 2.16. The average Bonchev–Trinajstić information content (AvgIpc) is 3.31. The van der Waals surface area contributed by atoms with Crippen LogP contribution >= 0.6 is 12.2 Å². The zero-order valence-corrected chi connectivity index (χ0v) is 14.1. The summed E-state index contributed by atoms with van der Waals surface area (Å²) in [5.74, 6) is 0.889. The zero-order valence-electron chi connectivity index (χ0n) is 13.3. The number of furan rings is 1. The van der Waals surface area contributed by atoms with Gasteiger partial charge < -0.3 is 19.2 Å². The SMILES string of the molecule is Cn1cccc1[C@@H]1[C@@H](c2ccccn2)NC(=S)N1Cc1ccco1. The fraction of sp³-hybridized carbons (Fsp3) is 0.222. The fourth-order valence-electron chi connectivity index (χ4n) is 3.25. The molecule has 4 heterocycles. The van der Waals surface area contributed by atoms with Gasteiger partial charge in [0.15, 0.2) is 5.11 Å². The number of rotatable bonds is 4. The molecule has 3 aromatic rings. The minimum Gasteiger partial charge on any atom is -0.467 e. The van der Waals surface area contributed by atoms with Crippen molar-refractivity contribution in [2.45, 2.75) is 18.6 Å². The normalized spacial score (nSPS) is 20.4. The summed E-state index contributed by atoms with van der Waals surface area (Å²) in [6, 6.07) is 14.1. The Labute approximate surface area is 145 Å². The molecule has 0 aliphatic carbocycles. The molecule has 0 bridgehead atoms. The molecule has 1 saturated heterocycles. The third-order valence-electron chi connectivity index (χ3n) is 4.39. The smallest absolute Gasteiger partial charge is 0.170 e. The van der Waals surface area contributed by atoms with Crippen LogP contribution in [0.1, 0.15) is 29.2 Å². The van der Waals surface area contributed by atoms with Gasteiger partial charge in [0, 0.05) is 25.1 Å². The van der Waals surface area contributed by atoms with Crippen LogP contribution in [0, 0.1) is 0 Å². The van der Waals surface area contributed by atoms with Crippen LogP contribution in [0.5, 0.6) is 0 Å². The van der Waals surface area contributed by atoms with Gasteiger partial charge in [-0.3, -0.25) is 4.98 Å². The predicted molar refractivity (Wildman–Crippen MR) is 95.1 cm³/mol. The highest BCUT2D eigenvalue weighted by atomic mass is 32.1. The van der Waals surface area contributed by atoms with E-state index in [1.165, 1.54) is 5.69 Å². The molecule has 6 heteroatoms. The molecule has 1 fully saturated rings. The maximum atomic E-state index is 5.62. The van der Waals surface area contributed by atoms with Gasteiger partial charge in [0.25, 0.3) is 0 Å². The topological polar surface area (TPSA) is 46.2 Å². The number of nitrogens with one attached hydrogen (secondary N) is 1. The molecule has 0 unspecified atom stereocenters. The van der Waals surface area contributed by atoms with Crippen LogP contribution < -0.4 is 5.32 Å². The maximum absolute atomic E-state index is 5.62. The second kappa shape index (κ2) is 6.13. The van der Waals surface area contributed by atoms with Crippen molar-refractivity contribution < 1.29 is 4.42 Å². The van der Waals surface area contributed by atoms with Gasteiger partial charge in [-0.05, 0) is 48.6 Å². The van der Waals surface area contributed by atoms with Crippen molar-refractivity contribution in [2.75, 3.05) is 0 Å². The van der Waals surface area contributed by atoms with Crippen LogP contribution in [0.25, 0.3) is 0 Å². The van der Waals surface area contributed by atoms with Crippen molar-refractivity contribution in [1.82, 2.24) is 19.8 Å². The van der Waals surface area contributed by atoms with Crippen LogP contribution in [0.4, 0.5) is 0 Å². The number of thiocarbonyl (C=S) groups is 1. The summed E-state index contributed by atoms with van der Waals surface area (Å²) < 4.78 is 7.66. The van der Waals surface area contributed by atoms with E-state index in [1.54, 1.807) is 6.26 Å². The second-order valence-corrected chi connectivity index (χ2v) is 6.26. The Kier molecular flexibility index (Phi) is 3.82. The number of aromatic nitrogens is 2. The molecule has 1 N–H and O–H groups in total. The summed E-state index contributed by atoms with van der Waals surface area (Å²) in [6.07, 6.45) is 5.56. The number of aryl methyl sites for hydroxylation is 1.